The van der Waals surface area contributed by atoms with E-state index in [1.54, 1.807) is 17.8 Å². The van der Waals surface area contributed by atoms with Crippen LogP contribution in [0.3, 0.4) is 0 Å². The Morgan fingerprint density at radius 2 is 1.71 bits per heavy atom. The molecular formula is C27H26Cl2N4OS. The van der Waals surface area contributed by atoms with Gasteiger partial charge in [0.05, 0.1) is 15.7 Å². The van der Waals surface area contributed by atoms with Gasteiger partial charge in [0.2, 0.25) is 5.91 Å². The number of unbranched alkanes of at least 4 members (excludes halogenated alkanes) is 1. The first-order valence-corrected chi connectivity index (χ1v) is 13.2. The van der Waals surface area contributed by atoms with E-state index < -0.39 is 0 Å². The standard InChI is InChI=1S/C27H26Cl2N4OS/c1-19-10-12-21(13-11-19)26-31-32-27(33(26)22-14-15-23(28)24(29)17-22)35-16-6-5-9-25(34)30-18-20-7-3-2-4-8-20/h2-4,7-8,10-15,17H,5-6,9,16,18H2,1H3,(H,30,34). The smallest absolute Gasteiger partial charge is 0.220 e. The number of benzene rings is 3. The molecule has 4 rings (SSSR count). The van der Waals surface area contributed by atoms with Gasteiger partial charge in [-0.1, -0.05) is 95.1 Å². The molecule has 0 saturated heterocycles. The fourth-order valence-electron chi connectivity index (χ4n) is 3.55. The minimum absolute atomic E-state index is 0.0690. The molecular weight excluding hydrogens is 499 g/mol. The SMILES string of the molecule is Cc1ccc(-c2nnc(SCCCCC(=O)NCc3ccccc3)n2-c2ccc(Cl)c(Cl)c2)cc1. The van der Waals surface area contributed by atoms with Crippen LogP contribution in [0.1, 0.15) is 30.4 Å². The molecule has 5 nitrogen and oxygen atoms in total. The largest absolute Gasteiger partial charge is 0.352 e. The molecule has 4 aromatic rings. The summed E-state index contributed by atoms with van der Waals surface area (Å²) in [5.41, 5.74) is 4.10. The van der Waals surface area contributed by atoms with E-state index in [4.69, 9.17) is 23.2 Å². The van der Waals surface area contributed by atoms with Gasteiger partial charge >= 0.3 is 0 Å². The second-order valence-corrected chi connectivity index (χ2v) is 10.1. The molecule has 0 aliphatic rings. The van der Waals surface area contributed by atoms with Gasteiger partial charge in [0.25, 0.3) is 0 Å². The van der Waals surface area contributed by atoms with Crippen molar-refractivity contribution in [1.82, 2.24) is 20.1 Å². The van der Waals surface area contributed by atoms with E-state index in [0.717, 1.165) is 46.4 Å². The molecule has 0 atom stereocenters. The number of carbonyl (C=O) groups is 1. The monoisotopic (exact) mass is 524 g/mol. The zero-order chi connectivity index (χ0) is 24.6. The predicted molar refractivity (Wildman–Crippen MR) is 144 cm³/mol. The van der Waals surface area contributed by atoms with Crippen LogP contribution < -0.4 is 5.32 Å². The van der Waals surface area contributed by atoms with Crippen molar-refractivity contribution < 1.29 is 4.79 Å². The van der Waals surface area contributed by atoms with Crippen LogP contribution in [-0.4, -0.2) is 26.4 Å². The first kappa shape index (κ1) is 25.3. The molecule has 0 aliphatic heterocycles. The number of nitrogens with one attached hydrogen (secondary N) is 1. The second-order valence-electron chi connectivity index (χ2n) is 8.17. The Bertz CT molecular complexity index is 1280. The lowest BCUT2D eigenvalue weighted by Crippen LogP contribution is -2.22. The van der Waals surface area contributed by atoms with Crippen molar-refractivity contribution in [3.63, 3.8) is 0 Å². The molecule has 0 radical (unpaired) electrons. The van der Waals surface area contributed by atoms with Crippen molar-refractivity contribution >= 4 is 40.9 Å². The third kappa shape index (κ3) is 6.88. The fraction of sp³-hybridized carbons (Fsp3) is 0.222. The van der Waals surface area contributed by atoms with E-state index in [2.05, 4.69) is 34.6 Å². The lowest BCUT2D eigenvalue weighted by atomic mass is 10.1. The van der Waals surface area contributed by atoms with E-state index >= 15 is 0 Å². The molecule has 0 aliphatic carbocycles. The van der Waals surface area contributed by atoms with E-state index in [9.17, 15) is 4.79 Å². The maximum absolute atomic E-state index is 12.2. The first-order valence-electron chi connectivity index (χ1n) is 11.4. The summed E-state index contributed by atoms with van der Waals surface area (Å²) in [6.07, 6.45) is 2.19. The molecule has 0 fully saturated rings. The highest BCUT2D eigenvalue weighted by Crippen LogP contribution is 2.31. The molecule has 0 bridgehead atoms. The summed E-state index contributed by atoms with van der Waals surface area (Å²) in [5, 5.41) is 13.7. The average molecular weight is 526 g/mol. The van der Waals surface area contributed by atoms with Gasteiger partial charge in [-0.2, -0.15) is 0 Å². The van der Waals surface area contributed by atoms with Crippen LogP contribution in [0.5, 0.6) is 0 Å². The lowest BCUT2D eigenvalue weighted by molar-refractivity contribution is -0.121. The van der Waals surface area contributed by atoms with Gasteiger partial charge < -0.3 is 5.32 Å². The highest BCUT2D eigenvalue weighted by atomic mass is 35.5. The van der Waals surface area contributed by atoms with E-state index in [1.807, 2.05) is 59.2 Å². The number of aromatic nitrogens is 3. The third-order valence-electron chi connectivity index (χ3n) is 5.47. The van der Waals surface area contributed by atoms with E-state index in [-0.39, 0.29) is 5.91 Å². The van der Waals surface area contributed by atoms with Gasteiger partial charge in [-0.15, -0.1) is 10.2 Å². The molecule has 1 N–H and O–H groups in total. The highest BCUT2D eigenvalue weighted by Gasteiger charge is 2.17. The van der Waals surface area contributed by atoms with Crippen molar-refractivity contribution in [3.8, 4) is 17.1 Å². The second kappa shape index (κ2) is 12.2. The van der Waals surface area contributed by atoms with Gasteiger partial charge in [-0.3, -0.25) is 9.36 Å². The Hall–Kier alpha value is -2.80. The Kier molecular flexibility index (Phi) is 8.85. The molecule has 8 heteroatoms. The summed E-state index contributed by atoms with van der Waals surface area (Å²) in [6.45, 7) is 2.61. The van der Waals surface area contributed by atoms with Gasteiger partial charge in [-0.25, -0.2) is 0 Å². The van der Waals surface area contributed by atoms with Gasteiger partial charge in [0.1, 0.15) is 0 Å². The number of amides is 1. The van der Waals surface area contributed by atoms with Crippen molar-refractivity contribution in [3.05, 3.63) is 94.0 Å². The highest BCUT2D eigenvalue weighted by molar-refractivity contribution is 7.99. The zero-order valence-electron chi connectivity index (χ0n) is 19.4. The fourth-order valence-corrected chi connectivity index (χ4v) is 4.79. The number of aryl methyl sites for hydroxylation is 1. The van der Waals surface area contributed by atoms with Gasteiger partial charge in [-0.05, 0) is 43.5 Å². The number of hydrogen-bond acceptors (Lipinski definition) is 4. The summed E-state index contributed by atoms with van der Waals surface area (Å²) in [4.78, 5) is 12.2. The molecule has 0 saturated carbocycles. The van der Waals surface area contributed by atoms with Crippen molar-refractivity contribution in [2.24, 2.45) is 0 Å². The molecule has 1 amide bonds. The van der Waals surface area contributed by atoms with Crippen LogP contribution in [0, 0.1) is 6.92 Å². The molecule has 3 aromatic carbocycles. The summed E-state index contributed by atoms with van der Waals surface area (Å²) < 4.78 is 2.00. The molecule has 180 valence electrons. The van der Waals surface area contributed by atoms with Crippen LogP contribution in [0.2, 0.25) is 10.0 Å². The Balaban J connectivity index is 1.38. The van der Waals surface area contributed by atoms with Crippen LogP contribution in [0.4, 0.5) is 0 Å². The summed E-state index contributed by atoms with van der Waals surface area (Å²) >= 11 is 14.1. The van der Waals surface area contributed by atoms with Crippen LogP contribution in [-0.2, 0) is 11.3 Å². The lowest BCUT2D eigenvalue weighted by Gasteiger charge is -2.11. The zero-order valence-corrected chi connectivity index (χ0v) is 21.7. The van der Waals surface area contributed by atoms with Gasteiger partial charge in [0, 0.05) is 24.3 Å². The van der Waals surface area contributed by atoms with E-state index in [1.165, 1.54) is 5.56 Å². The minimum atomic E-state index is 0.0690. The van der Waals surface area contributed by atoms with Gasteiger partial charge in [0.15, 0.2) is 11.0 Å². The molecule has 0 spiro atoms. The number of carbonyl (C=O) groups excluding carboxylic acids is 1. The predicted octanol–water partition coefficient (Wildman–Crippen LogP) is 7.13. The van der Waals surface area contributed by atoms with E-state index in [0.29, 0.717) is 23.0 Å². The average Bonchev–Trinajstić information content (AvgIpc) is 3.29. The van der Waals surface area contributed by atoms with Crippen LogP contribution in [0.25, 0.3) is 17.1 Å². The van der Waals surface area contributed by atoms with Crippen molar-refractivity contribution in [2.75, 3.05) is 5.75 Å². The summed E-state index contributed by atoms with van der Waals surface area (Å²) in [6, 6.07) is 23.6. The molecule has 35 heavy (non-hydrogen) atoms. The Morgan fingerprint density at radius 1 is 0.943 bits per heavy atom. The molecule has 1 aromatic heterocycles. The Morgan fingerprint density at radius 3 is 2.46 bits per heavy atom. The quantitative estimate of drug-likeness (QED) is 0.177. The molecule has 0 unspecified atom stereocenters. The molecule has 1 heterocycles. The van der Waals surface area contributed by atoms with Crippen LogP contribution >= 0.6 is 35.0 Å². The van der Waals surface area contributed by atoms with Crippen LogP contribution in [0.15, 0.2) is 78.0 Å². The van der Waals surface area contributed by atoms with Crippen molar-refractivity contribution in [1.29, 1.82) is 0 Å². The summed E-state index contributed by atoms with van der Waals surface area (Å²) in [7, 11) is 0. The maximum atomic E-state index is 12.2. The number of nitrogens with zero attached hydrogens (tertiary/aromatic N) is 3. The first-order chi connectivity index (χ1) is 17.0. The topological polar surface area (TPSA) is 59.8 Å². The summed E-state index contributed by atoms with van der Waals surface area (Å²) in [5.74, 6) is 1.63. The number of hydrogen-bond donors (Lipinski definition) is 1. The number of halogens is 2. The van der Waals surface area contributed by atoms with Crippen molar-refractivity contribution in [2.45, 2.75) is 37.9 Å². The number of rotatable bonds is 10. The normalized spacial score (nSPS) is 10.9. The third-order valence-corrected chi connectivity index (χ3v) is 7.22. The Labute approximate surface area is 219 Å². The minimum Gasteiger partial charge on any atom is -0.352 e. The maximum Gasteiger partial charge on any atom is 0.220 e. The number of thioether (sulfide) groups is 1.